The van der Waals surface area contributed by atoms with Crippen LogP contribution < -0.4 is 0 Å². The van der Waals surface area contributed by atoms with E-state index in [0.29, 0.717) is 21.2 Å². The van der Waals surface area contributed by atoms with E-state index in [-0.39, 0.29) is 11.5 Å². The zero-order valence-electron chi connectivity index (χ0n) is 9.84. The molecule has 94 valence electrons. The van der Waals surface area contributed by atoms with Crippen LogP contribution in [0.25, 0.3) is 0 Å². The van der Waals surface area contributed by atoms with Gasteiger partial charge in [-0.1, -0.05) is 23.4 Å². The Morgan fingerprint density at radius 1 is 1.32 bits per heavy atom. The molecule has 0 atom stereocenters. The van der Waals surface area contributed by atoms with Gasteiger partial charge in [-0.05, 0) is 36.4 Å². The molecule has 0 bridgehead atoms. The molecule has 1 aromatic carbocycles. The average Bonchev–Trinajstić information content (AvgIpc) is 2.45. The standard InChI is InChI=1S/C14H9ClN2OS/c15-12-5-3-10(4-6-12)13(18)9-19-14-11(8-16)2-1-7-17-14/h1-7H,9H2. The first-order chi connectivity index (χ1) is 9.20. The van der Waals surface area contributed by atoms with Crippen LogP contribution in [-0.4, -0.2) is 16.5 Å². The van der Waals surface area contributed by atoms with Gasteiger partial charge in [0, 0.05) is 16.8 Å². The Kier molecular flexibility index (Phi) is 4.56. The lowest BCUT2D eigenvalue weighted by molar-refractivity contribution is 0.102. The largest absolute Gasteiger partial charge is 0.293 e. The van der Waals surface area contributed by atoms with E-state index in [1.807, 2.05) is 0 Å². The van der Waals surface area contributed by atoms with Crippen LogP contribution in [0.2, 0.25) is 5.02 Å². The maximum absolute atomic E-state index is 12.0. The molecule has 0 fully saturated rings. The van der Waals surface area contributed by atoms with Crippen LogP contribution in [-0.2, 0) is 0 Å². The summed E-state index contributed by atoms with van der Waals surface area (Å²) in [4.78, 5) is 16.1. The number of carbonyl (C=O) groups is 1. The number of ketones is 1. The molecule has 5 heteroatoms. The normalized spacial score (nSPS) is 9.89. The van der Waals surface area contributed by atoms with Gasteiger partial charge < -0.3 is 0 Å². The maximum atomic E-state index is 12.0. The number of Topliss-reactive ketones (excluding diaryl/α,β-unsaturated/α-hetero) is 1. The lowest BCUT2D eigenvalue weighted by Crippen LogP contribution is -2.02. The first kappa shape index (κ1) is 13.6. The lowest BCUT2D eigenvalue weighted by Gasteiger charge is -2.02. The highest BCUT2D eigenvalue weighted by molar-refractivity contribution is 8.00. The summed E-state index contributed by atoms with van der Waals surface area (Å²) < 4.78 is 0. The summed E-state index contributed by atoms with van der Waals surface area (Å²) in [5, 5.41) is 10.1. The SMILES string of the molecule is N#Cc1cccnc1SCC(=O)c1ccc(Cl)cc1. The van der Waals surface area contributed by atoms with Crippen LogP contribution in [0, 0.1) is 11.3 Å². The molecular formula is C14H9ClN2OS. The van der Waals surface area contributed by atoms with Crippen molar-refractivity contribution >= 4 is 29.1 Å². The number of benzene rings is 1. The Balaban J connectivity index is 2.05. The number of thioether (sulfide) groups is 1. The van der Waals surface area contributed by atoms with E-state index in [4.69, 9.17) is 16.9 Å². The first-order valence-electron chi connectivity index (χ1n) is 5.47. The van der Waals surface area contributed by atoms with Crippen molar-refractivity contribution < 1.29 is 4.79 Å². The smallest absolute Gasteiger partial charge is 0.173 e. The third-order valence-electron chi connectivity index (χ3n) is 2.40. The highest BCUT2D eigenvalue weighted by Crippen LogP contribution is 2.20. The van der Waals surface area contributed by atoms with E-state index >= 15 is 0 Å². The number of pyridine rings is 1. The van der Waals surface area contributed by atoms with E-state index in [2.05, 4.69) is 11.1 Å². The maximum Gasteiger partial charge on any atom is 0.173 e. The van der Waals surface area contributed by atoms with E-state index in [9.17, 15) is 4.79 Å². The number of hydrogen-bond donors (Lipinski definition) is 0. The molecule has 1 aromatic heterocycles. The molecule has 0 saturated carbocycles. The highest BCUT2D eigenvalue weighted by Gasteiger charge is 2.09. The minimum Gasteiger partial charge on any atom is -0.293 e. The average molecular weight is 289 g/mol. The summed E-state index contributed by atoms with van der Waals surface area (Å²) in [7, 11) is 0. The molecule has 3 nitrogen and oxygen atoms in total. The Morgan fingerprint density at radius 2 is 2.05 bits per heavy atom. The van der Waals surface area contributed by atoms with Crippen LogP contribution in [0.15, 0.2) is 47.6 Å². The van der Waals surface area contributed by atoms with Crippen molar-refractivity contribution in [3.05, 3.63) is 58.7 Å². The molecule has 0 aliphatic carbocycles. The van der Waals surface area contributed by atoms with Crippen molar-refractivity contribution in [1.29, 1.82) is 5.26 Å². The Bertz CT molecular complexity index is 635. The van der Waals surface area contributed by atoms with Crippen LogP contribution in [0.4, 0.5) is 0 Å². The van der Waals surface area contributed by atoms with Gasteiger partial charge in [0.2, 0.25) is 0 Å². The van der Waals surface area contributed by atoms with Crippen molar-refractivity contribution in [2.75, 3.05) is 5.75 Å². The number of nitrogens with zero attached hydrogens (tertiary/aromatic N) is 2. The molecule has 0 N–H and O–H groups in total. The summed E-state index contributed by atoms with van der Waals surface area (Å²) in [6.07, 6.45) is 1.61. The second kappa shape index (κ2) is 6.37. The van der Waals surface area contributed by atoms with Gasteiger partial charge in [0.05, 0.1) is 11.3 Å². The molecular weight excluding hydrogens is 280 g/mol. The molecule has 0 spiro atoms. The molecule has 2 rings (SSSR count). The molecule has 0 saturated heterocycles. The van der Waals surface area contributed by atoms with Crippen LogP contribution >= 0.6 is 23.4 Å². The third kappa shape index (κ3) is 3.57. The molecule has 1 heterocycles. The van der Waals surface area contributed by atoms with Gasteiger partial charge in [-0.2, -0.15) is 5.26 Å². The molecule has 0 amide bonds. The summed E-state index contributed by atoms with van der Waals surface area (Å²) in [6, 6.07) is 12.2. The van der Waals surface area contributed by atoms with Crippen molar-refractivity contribution in [3.63, 3.8) is 0 Å². The fraction of sp³-hybridized carbons (Fsp3) is 0.0714. The van der Waals surface area contributed by atoms with Gasteiger partial charge in [0.15, 0.2) is 5.78 Å². The third-order valence-corrected chi connectivity index (χ3v) is 3.66. The van der Waals surface area contributed by atoms with Gasteiger partial charge in [0.1, 0.15) is 11.1 Å². The van der Waals surface area contributed by atoms with Crippen molar-refractivity contribution in [2.24, 2.45) is 0 Å². The molecule has 0 unspecified atom stereocenters. The van der Waals surface area contributed by atoms with Crippen molar-refractivity contribution in [3.8, 4) is 6.07 Å². The number of rotatable bonds is 4. The highest BCUT2D eigenvalue weighted by atomic mass is 35.5. The van der Waals surface area contributed by atoms with E-state index < -0.39 is 0 Å². The fourth-order valence-electron chi connectivity index (χ4n) is 1.44. The number of nitriles is 1. The van der Waals surface area contributed by atoms with E-state index in [0.717, 1.165) is 0 Å². The molecule has 2 aromatic rings. The summed E-state index contributed by atoms with van der Waals surface area (Å²) in [6.45, 7) is 0. The number of aromatic nitrogens is 1. The Morgan fingerprint density at radius 3 is 2.74 bits per heavy atom. The Hall–Kier alpha value is -1.83. The van der Waals surface area contributed by atoms with Gasteiger partial charge in [-0.25, -0.2) is 4.98 Å². The molecule has 19 heavy (non-hydrogen) atoms. The van der Waals surface area contributed by atoms with Crippen LogP contribution in [0.1, 0.15) is 15.9 Å². The predicted octanol–water partition coefficient (Wildman–Crippen LogP) is 3.58. The van der Waals surface area contributed by atoms with E-state index in [1.165, 1.54) is 11.8 Å². The van der Waals surface area contributed by atoms with Crippen molar-refractivity contribution in [1.82, 2.24) is 4.98 Å². The zero-order chi connectivity index (χ0) is 13.7. The van der Waals surface area contributed by atoms with Gasteiger partial charge in [0.25, 0.3) is 0 Å². The minimum atomic E-state index is -0.0174. The second-order valence-electron chi connectivity index (χ2n) is 3.69. The molecule has 0 radical (unpaired) electrons. The second-order valence-corrected chi connectivity index (χ2v) is 5.09. The van der Waals surface area contributed by atoms with Crippen LogP contribution in [0.5, 0.6) is 0 Å². The molecule has 0 aliphatic rings. The minimum absolute atomic E-state index is 0.0174. The monoisotopic (exact) mass is 288 g/mol. The zero-order valence-corrected chi connectivity index (χ0v) is 11.4. The fourth-order valence-corrected chi connectivity index (χ4v) is 2.41. The number of hydrogen-bond acceptors (Lipinski definition) is 4. The quantitative estimate of drug-likeness (QED) is 0.637. The van der Waals surface area contributed by atoms with Crippen molar-refractivity contribution in [2.45, 2.75) is 5.03 Å². The summed E-state index contributed by atoms with van der Waals surface area (Å²) >= 11 is 7.03. The van der Waals surface area contributed by atoms with Gasteiger partial charge >= 0.3 is 0 Å². The van der Waals surface area contributed by atoms with Gasteiger partial charge in [-0.15, -0.1) is 0 Å². The summed E-state index contributed by atoms with van der Waals surface area (Å²) in [5.74, 6) is 0.226. The van der Waals surface area contributed by atoms with Crippen LogP contribution in [0.3, 0.4) is 0 Å². The molecule has 0 aliphatic heterocycles. The number of carbonyl (C=O) groups excluding carboxylic acids is 1. The van der Waals surface area contributed by atoms with E-state index in [1.54, 1.807) is 42.6 Å². The Labute approximate surface area is 120 Å². The predicted molar refractivity (Wildman–Crippen MR) is 75.5 cm³/mol. The topological polar surface area (TPSA) is 53.8 Å². The number of halogens is 1. The van der Waals surface area contributed by atoms with Gasteiger partial charge in [-0.3, -0.25) is 4.79 Å². The lowest BCUT2D eigenvalue weighted by atomic mass is 10.1. The summed E-state index contributed by atoms with van der Waals surface area (Å²) in [5.41, 5.74) is 1.09. The first-order valence-corrected chi connectivity index (χ1v) is 6.84.